The Balaban J connectivity index is 1.92. The molecular formula is C17H24N2O5S2. The van der Waals surface area contributed by atoms with E-state index in [2.05, 4.69) is 10.1 Å². The average molecular weight is 401 g/mol. The van der Waals surface area contributed by atoms with Gasteiger partial charge in [-0.05, 0) is 31.0 Å². The maximum atomic E-state index is 12.7. The molecule has 0 saturated carbocycles. The highest BCUT2D eigenvalue weighted by molar-refractivity contribution is 7.99. The fraction of sp³-hybridized carbons (Fsp3) is 0.529. The Bertz CT molecular complexity index is 730. The highest BCUT2D eigenvalue weighted by atomic mass is 32.2. The summed E-state index contributed by atoms with van der Waals surface area (Å²) in [5.74, 6) is 0.115. The number of rotatable bonds is 8. The molecule has 0 atom stereocenters. The first-order valence-electron chi connectivity index (χ1n) is 8.48. The zero-order valence-electron chi connectivity index (χ0n) is 14.8. The van der Waals surface area contributed by atoms with Crippen LogP contribution in [-0.2, 0) is 24.3 Å². The molecule has 7 nitrogen and oxygen atoms in total. The van der Waals surface area contributed by atoms with Crippen LogP contribution in [0.3, 0.4) is 0 Å². The zero-order chi connectivity index (χ0) is 19.0. The maximum Gasteiger partial charge on any atom is 0.306 e. The Morgan fingerprint density at radius 3 is 2.65 bits per heavy atom. The number of nitrogens with zero attached hydrogens (tertiary/aromatic N) is 1. The number of methoxy groups -OCH3 is 1. The topological polar surface area (TPSA) is 92.8 Å². The number of hydrogen-bond donors (Lipinski definition) is 1. The molecule has 0 aliphatic carbocycles. The van der Waals surface area contributed by atoms with Gasteiger partial charge in [0.05, 0.1) is 24.2 Å². The van der Waals surface area contributed by atoms with Crippen LogP contribution >= 0.6 is 11.8 Å². The lowest BCUT2D eigenvalue weighted by Crippen LogP contribution is -2.35. The molecular weight excluding hydrogens is 376 g/mol. The van der Waals surface area contributed by atoms with Crippen molar-refractivity contribution < 1.29 is 22.7 Å². The van der Waals surface area contributed by atoms with Crippen molar-refractivity contribution in [1.29, 1.82) is 0 Å². The van der Waals surface area contributed by atoms with Gasteiger partial charge in [-0.3, -0.25) is 9.59 Å². The molecule has 1 heterocycles. The van der Waals surface area contributed by atoms with E-state index in [4.69, 9.17) is 0 Å². The van der Waals surface area contributed by atoms with Crippen LogP contribution in [-0.4, -0.2) is 56.3 Å². The second-order valence-corrected chi connectivity index (χ2v) is 8.96. The smallest absolute Gasteiger partial charge is 0.306 e. The van der Waals surface area contributed by atoms with Crippen molar-refractivity contribution in [2.75, 3.05) is 37.0 Å². The first kappa shape index (κ1) is 20.7. The largest absolute Gasteiger partial charge is 0.469 e. The van der Waals surface area contributed by atoms with Gasteiger partial charge < -0.3 is 10.1 Å². The number of piperidine rings is 1. The molecule has 1 saturated heterocycles. The highest BCUT2D eigenvalue weighted by Gasteiger charge is 2.26. The van der Waals surface area contributed by atoms with Crippen LogP contribution in [0.1, 0.15) is 25.7 Å². The Kier molecular flexibility index (Phi) is 7.92. The Morgan fingerprint density at radius 2 is 1.96 bits per heavy atom. The summed E-state index contributed by atoms with van der Waals surface area (Å²) in [5, 5.41) is 2.70. The highest BCUT2D eigenvalue weighted by Crippen LogP contribution is 2.23. The third-order valence-corrected chi connectivity index (χ3v) is 6.84. The first-order chi connectivity index (χ1) is 12.4. The number of benzene rings is 1. The third kappa shape index (κ3) is 6.00. The molecule has 0 bridgehead atoms. The predicted octanol–water partition coefficient (Wildman–Crippen LogP) is 2.10. The monoisotopic (exact) mass is 400 g/mol. The summed E-state index contributed by atoms with van der Waals surface area (Å²) in [6.45, 7) is 1.07. The number of hydrogen-bond acceptors (Lipinski definition) is 6. The SMILES string of the molecule is COC(=O)CCSCC(=O)Nc1cccc(S(=O)(=O)N2CCCCC2)c1. The van der Waals surface area contributed by atoms with Crippen molar-refractivity contribution in [2.45, 2.75) is 30.6 Å². The molecule has 1 aromatic carbocycles. The molecule has 0 radical (unpaired) electrons. The van der Waals surface area contributed by atoms with Gasteiger partial charge in [-0.2, -0.15) is 16.1 Å². The Hall–Kier alpha value is -1.58. The molecule has 26 heavy (non-hydrogen) atoms. The van der Waals surface area contributed by atoms with E-state index in [0.29, 0.717) is 24.5 Å². The minimum atomic E-state index is -3.53. The number of amides is 1. The van der Waals surface area contributed by atoms with Crippen LogP contribution in [0.5, 0.6) is 0 Å². The van der Waals surface area contributed by atoms with Gasteiger partial charge in [0.2, 0.25) is 15.9 Å². The molecule has 1 amide bonds. The van der Waals surface area contributed by atoms with Gasteiger partial charge in [0.1, 0.15) is 0 Å². The Morgan fingerprint density at radius 1 is 1.23 bits per heavy atom. The van der Waals surface area contributed by atoms with Crippen LogP contribution in [0.4, 0.5) is 5.69 Å². The van der Waals surface area contributed by atoms with E-state index in [1.165, 1.54) is 29.2 Å². The van der Waals surface area contributed by atoms with Crippen molar-refractivity contribution in [3.05, 3.63) is 24.3 Å². The summed E-state index contributed by atoms with van der Waals surface area (Å²) in [6.07, 6.45) is 3.05. The number of carbonyl (C=O) groups excluding carboxylic acids is 2. The normalized spacial score (nSPS) is 15.4. The van der Waals surface area contributed by atoms with Gasteiger partial charge in [0.15, 0.2) is 0 Å². The number of carbonyl (C=O) groups is 2. The van der Waals surface area contributed by atoms with E-state index < -0.39 is 10.0 Å². The van der Waals surface area contributed by atoms with Gasteiger partial charge in [-0.1, -0.05) is 12.5 Å². The van der Waals surface area contributed by atoms with Gasteiger partial charge in [-0.15, -0.1) is 0 Å². The number of nitrogens with one attached hydrogen (secondary N) is 1. The number of thioether (sulfide) groups is 1. The molecule has 9 heteroatoms. The van der Waals surface area contributed by atoms with E-state index in [1.807, 2.05) is 0 Å². The van der Waals surface area contributed by atoms with Crippen molar-refractivity contribution in [3.63, 3.8) is 0 Å². The summed E-state index contributed by atoms with van der Waals surface area (Å²) < 4.78 is 31.4. The molecule has 0 unspecified atom stereocenters. The quantitative estimate of drug-likeness (QED) is 0.531. The van der Waals surface area contributed by atoms with Crippen LogP contribution < -0.4 is 5.32 Å². The number of anilines is 1. The standard InChI is InChI=1S/C17H24N2O5S2/c1-24-17(21)8-11-25-13-16(20)18-14-6-5-7-15(12-14)26(22,23)19-9-3-2-4-10-19/h5-7,12H,2-4,8-11,13H2,1H3,(H,18,20). The summed E-state index contributed by atoms with van der Waals surface area (Å²) in [6, 6.07) is 6.31. The molecule has 1 aromatic rings. The predicted molar refractivity (Wildman–Crippen MR) is 102 cm³/mol. The fourth-order valence-corrected chi connectivity index (χ4v) is 4.88. The lowest BCUT2D eigenvalue weighted by Gasteiger charge is -2.26. The lowest BCUT2D eigenvalue weighted by molar-refractivity contribution is -0.140. The molecule has 2 rings (SSSR count). The minimum absolute atomic E-state index is 0.181. The third-order valence-electron chi connectivity index (χ3n) is 3.98. The first-order valence-corrected chi connectivity index (χ1v) is 11.1. The molecule has 1 N–H and O–H groups in total. The van der Waals surface area contributed by atoms with Gasteiger partial charge in [-0.25, -0.2) is 8.42 Å². The summed E-state index contributed by atoms with van der Waals surface area (Å²) >= 11 is 1.32. The molecule has 144 valence electrons. The van der Waals surface area contributed by atoms with Crippen LogP contribution in [0.2, 0.25) is 0 Å². The number of sulfonamides is 1. The van der Waals surface area contributed by atoms with E-state index in [-0.39, 0.29) is 28.9 Å². The molecule has 1 aliphatic heterocycles. The van der Waals surface area contributed by atoms with Crippen molar-refractivity contribution >= 4 is 39.3 Å². The van der Waals surface area contributed by atoms with Crippen molar-refractivity contribution in [3.8, 4) is 0 Å². The molecule has 1 aliphatic rings. The summed E-state index contributed by atoms with van der Waals surface area (Å²) in [4.78, 5) is 23.2. The van der Waals surface area contributed by atoms with E-state index >= 15 is 0 Å². The van der Waals surface area contributed by atoms with Crippen molar-refractivity contribution in [2.24, 2.45) is 0 Å². The van der Waals surface area contributed by atoms with Crippen LogP contribution in [0.25, 0.3) is 0 Å². The molecule has 0 aromatic heterocycles. The van der Waals surface area contributed by atoms with E-state index in [0.717, 1.165) is 19.3 Å². The maximum absolute atomic E-state index is 12.7. The zero-order valence-corrected chi connectivity index (χ0v) is 16.4. The van der Waals surface area contributed by atoms with E-state index in [9.17, 15) is 18.0 Å². The fourth-order valence-electron chi connectivity index (χ4n) is 2.61. The van der Waals surface area contributed by atoms with Gasteiger partial charge in [0.25, 0.3) is 0 Å². The Labute approximate surface area is 158 Å². The van der Waals surface area contributed by atoms with Gasteiger partial charge in [0, 0.05) is 24.5 Å². The molecule has 0 spiro atoms. The average Bonchev–Trinajstić information content (AvgIpc) is 2.66. The minimum Gasteiger partial charge on any atom is -0.469 e. The number of esters is 1. The van der Waals surface area contributed by atoms with Gasteiger partial charge >= 0.3 is 5.97 Å². The number of ether oxygens (including phenoxy) is 1. The van der Waals surface area contributed by atoms with Crippen molar-refractivity contribution in [1.82, 2.24) is 4.31 Å². The second-order valence-electron chi connectivity index (χ2n) is 5.92. The van der Waals surface area contributed by atoms with Crippen LogP contribution in [0.15, 0.2) is 29.2 Å². The summed E-state index contributed by atoms with van der Waals surface area (Å²) in [5.41, 5.74) is 0.446. The van der Waals surface area contributed by atoms with Crippen LogP contribution in [0, 0.1) is 0 Å². The lowest BCUT2D eigenvalue weighted by atomic mass is 10.2. The second kappa shape index (κ2) is 9.94. The molecule has 1 fully saturated rings. The summed E-state index contributed by atoms with van der Waals surface area (Å²) in [7, 11) is -2.20. The van der Waals surface area contributed by atoms with E-state index in [1.54, 1.807) is 18.2 Å².